The van der Waals surface area contributed by atoms with Gasteiger partial charge in [0, 0.05) is 11.9 Å². The number of carbonyl (C=O) groups is 3. The Hall–Kier alpha value is -4.12. The number of esters is 2. The molecule has 0 saturated carbocycles. The topological polar surface area (TPSA) is 118 Å². The van der Waals surface area contributed by atoms with Crippen LogP contribution in [0.1, 0.15) is 47.4 Å². The predicted molar refractivity (Wildman–Crippen MR) is 120 cm³/mol. The SMILES string of the molecule is CCCCOC(=O)c1ccccc1N/C=C(/C#N)C(=O)Nc1ccc(C(=O)OCC)cc1. The molecule has 0 atom stereocenters. The molecule has 0 spiro atoms. The van der Waals surface area contributed by atoms with Crippen LogP contribution < -0.4 is 10.6 Å². The van der Waals surface area contributed by atoms with E-state index in [1.807, 2.05) is 13.0 Å². The maximum absolute atomic E-state index is 12.5. The molecule has 2 N–H and O–H groups in total. The lowest BCUT2D eigenvalue weighted by Gasteiger charge is -2.10. The Morgan fingerprint density at radius 1 is 1.00 bits per heavy atom. The Morgan fingerprint density at radius 3 is 2.38 bits per heavy atom. The summed E-state index contributed by atoms with van der Waals surface area (Å²) in [5.74, 6) is -1.59. The quantitative estimate of drug-likeness (QED) is 0.247. The smallest absolute Gasteiger partial charge is 0.340 e. The summed E-state index contributed by atoms with van der Waals surface area (Å²) in [5.41, 5.74) is 1.27. The van der Waals surface area contributed by atoms with Gasteiger partial charge in [-0.15, -0.1) is 0 Å². The van der Waals surface area contributed by atoms with Crippen molar-refractivity contribution in [1.29, 1.82) is 5.26 Å². The Bertz CT molecular complexity index is 1020. The fraction of sp³-hybridized carbons (Fsp3) is 0.250. The zero-order valence-corrected chi connectivity index (χ0v) is 18.0. The van der Waals surface area contributed by atoms with Crippen molar-refractivity contribution in [2.24, 2.45) is 0 Å². The van der Waals surface area contributed by atoms with Crippen molar-refractivity contribution in [3.8, 4) is 6.07 Å². The number of hydrogen-bond acceptors (Lipinski definition) is 7. The summed E-state index contributed by atoms with van der Waals surface area (Å²) in [6.45, 7) is 4.29. The van der Waals surface area contributed by atoms with Crippen LogP contribution in [0.3, 0.4) is 0 Å². The van der Waals surface area contributed by atoms with Crippen molar-refractivity contribution in [3.63, 3.8) is 0 Å². The third kappa shape index (κ3) is 6.99. The number of carbonyl (C=O) groups excluding carboxylic acids is 3. The van der Waals surface area contributed by atoms with Crippen molar-refractivity contribution in [2.45, 2.75) is 26.7 Å². The lowest BCUT2D eigenvalue weighted by atomic mass is 10.1. The fourth-order valence-electron chi connectivity index (χ4n) is 2.57. The molecule has 2 aromatic carbocycles. The summed E-state index contributed by atoms with van der Waals surface area (Å²) < 4.78 is 10.1. The minimum Gasteiger partial charge on any atom is -0.462 e. The number of hydrogen-bond donors (Lipinski definition) is 2. The largest absolute Gasteiger partial charge is 0.462 e. The number of nitrogens with zero attached hydrogens (tertiary/aromatic N) is 1. The van der Waals surface area contributed by atoms with Crippen molar-refractivity contribution < 1.29 is 23.9 Å². The summed E-state index contributed by atoms with van der Waals surface area (Å²) in [7, 11) is 0. The molecule has 0 bridgehead atoms. The highest BCUT2D eigenvalue weighted by Gasteiger charge is 2.14. The van der Waals surface area contributed by atoms with Gasteiger partial charge in [-0.2, -0.15) is 5.26 Å². The molecule has 166 valence electrons. The Labute approximate surface area is 186 Å². The first-order chi connectivity index (χ1) is 15.5. The van der Waals surface area contributed by atoms with Gasteiger partial charge in [0.05, 0.1) is 30.0 Å². The van der Waals surface area contributed by atoms with Gasteiger partial charge in [0.2, 0.25) is 0 Å². The third-order valence-electron chi connectivity index (χ3n) is 4.27. The molecule has 0 saturated heterocycles. The zero-order valence-electron chi connectivity index (χ0n) is 18.0. The molecule has 0 unspecified atom stereocenters. The standard InChI is InChI=1S/C24H25N3O5/c1-3-5-14-32-24(30)20-8-6-7-9-21(20)26-16-18(15-25)22(28)27-19-12-10-17(11-13-19)23(29)31-4-2/h6-13,16,26H,3-5,14H2,1-2H3,(H,27,28)/b18-16-. The van der Waals surface area contributed by atoms with Crippen LogP contribution in [0.15, 0.2) is 60.3 Å². The van der Waals surface area contributed by atoms with Crippen LogP contribution >= 0.6 is 0 Å². The van der Waals surface area contributed by atoms with E-state index in [0.29, 0.717) is 29.1 Å². The van der Waals surface area contributed by atoms with E-state index in [-0.39, 0.29) is 12.2 Å². The van der Waals surface area contributed by atoms with Gasteiger partial charge in [0.25, 0.3) is 5.91 Å². The van der Waals surface area contributed by atoms with Crippen LogP contribution in [0.5, 0.6) is 0 Å². The maximum atomic E-state index is 12.5. The number of ether oxygens (including phenoxy) is 2. The first-order valence-corrected chi connectivity index (χ1v) is 10.2. The van der Waals surface area contributed by atoms with Gasteiger partial charge < -0.3 is 20.1 Å². The van der Waals surface area contributed by atoms with Crippen molar-refractivity contribution in [1.82, 2.24) is 0 Å². The number of rotatable bonds is 10. The van der Waals surface area contributed by atoms with E-state index in [0.717, 1.165) is 12.8 Å². The molecule has 2 aromatic rings. The molecule has 0 heterocycles. The molecule has 0 radical (unpaired) electrons. The highest BCUT2D eigenvalue weighted by atomic mass is 16.5. The lowest BCUT2D eigenvalue weighted by Crippen LogP contribution is -2.15. The van der Waals surface area contributed by atoms with Gasteiger partial charge in [-0.25, -0.2) is 9.59 Å². The van der Waals surface area contributed by atoms with Crippen LogP contribution in [0.4, 0.5) is 11.4 Å². The van der Waals surface area contributed by atoms with Crippen LogP contribution in [-0.4, -0.2) is 31.1 Å². The highest BCUT2D eigenvalue weighted by Crippen LogP contribution is 2.17. The molecule has 0 aromatic heterocycles. The van der Waals surface area contributed by atoms with Crippen molar-refractivity contribution in [3.05, 3.63) is 71.4 Å². The van der Waals surface area contributed by atoms with Gasteiger partial charge in [-0.1, -0.05) is 25.5 Å². The number of unbranched alkanes of at least 4 members (excludes halogenated alkanes) is 1. The number of nitriles is 1. The number of benzene rings is 2. The summed E-state index contributed by atoms with van der Waals surface area (Å²) >= 11 is 0. The molecule has 8 heteroatoms. The molecule has 0 aliphatic rings. The van der Waals surface area contributed by atoms with E-state index in [4.69, 9.17) is 9.47 Å². The van der Waals surface area contributed by atoms with Gasteiger partial charge >= 0.3 is 11.9 Å². The molecule has 0 fully saturated rings. The Kier molecular flexibility index (Phi) is 9.47. The zero-order chi connectivity index (χ0) is 23.3. The Morgan fingerprint density at radius 2 is 1.72 bits per heavy atom. The van der Waals surface area contributed by atoms with Crippen molar-refractivity contribution in [2.75, 3.05) is 23.8 Å². The number of nitrogens with one attached hydrogen (secondary N) is 2. The van der Waals surface area contributed by atoms with Crippen LogP contribution in [-0.2, 0) is 14.3 Å². The summed E-state index contributed by atoms with van der Waals surface area (Å²) in [6.07, 6.45) is 2.89. The van der Waals surface area contributed by atoms with E-state index < -0.39 is 17.8 Å². The minimum atomic E-state index is -0.646. The average molecular weight is 435 g/mol. The predicted octanol–water partition coefficient (Wildman–Crippen LogP) is 4.28. The number of para-hydroxylation sites is 1. The minimum absolute atomic E-state index is 0.200. The molecular formula is C24H25N3O5. The monoisotopic (exact) mass is 435 g/mol. The van der Waals surface area contributed by atoms with E-state index >= 15 is 0 Å². The van der Waals surface area contributed by atoms with E-state index in [1.54, 1.807) is 31.2 Å². The van der Waals surface area contributed by atoms with E-state index in [1.165, 1.54) is 30.5 Å². The lowest BCUT2D eigenvalue weighted by molar-refractivity contribution is -0.112. The fourth-order valence-corrected chi connectivity index (χ4v) is 2.57. The summed E-state index contributed by atoms with van der Waals surface area (Å²) in [5, 5.41) is 14.8. The van der Waals surface area contributed by atoms with Crippen LogP contribution in [0.25, 0.3) is 0 Å². The number of amides is 1. The molecule has 0 aliphatic heterocycles. The molecule has 8 nitrogen and oxygen atoms in total. The second kappa shape index (κ2) is 12.5. The normalized spacial score (nSPS) is 10.6. The molecule has 2 rings (SSSR count). The summed E-state index contributed by atoms with van der Waals surface area (Å²) in [6, 6.07) is 14.6. The van der Waals surface area contributed by atoms with Gasteiger partial charge in [0.1, 0.15) is 11.6 Å². The van der Waals surface area contributed by atoms with Gasteiger partial charge in [0.15, 0.2) is 0 Å². The Balaban J connectivity index is 2.07. The van der Waals surface area contributed by atoms with Gasteiger partial charge in [-0.05, 0) is 49.7 Å². The maximum Gasteiger partial charge on any atom is 0.340 e. The molecule has 1 amide bonds. The second-order valence-electron chi connectivity index (χ2n) is 6.60. The van der Waals surface area contributed by atoms with E-state index in [9.17, 15) is 19.6 Å². The average Bonchev–Trinajstić information content (AvgIpc) is 2.80. The molecule has 0 aliphatic carbocycles. The molecular weight excluding hydrogens is 410 g/mol. The third-order valence-corrected chi connectivity index (χ3v) is 4.27. The van der Waals surface area contributed by atoms with Crippen LogP contribution in [0, 0.1) is 11.3 Å². The highest BCUT2D eigenvalue weighted by molar-refractivity contribution is 6.07. The summed E-state index contributed by atoms with van der Waals surface area (Å²) in [4.78, 5) is 36.4. The van der Waals surface area contributed by atoms with E-state index in [2.05, 4.69) is 10.6 Å². The first kappa shape index (κ1) is 24.2. The van der Waals surface area contributed by atoms with Crippen LogP contribution in [0.2, 0.25) is 0 Å². The number of anilines is 2. The van der Waals surface area contributed by atoms with Crippen molar-refractivity contribution >= 4 is 29.2 Å². The van der Waals surface area contributed by atoms with Gasteiger partial charge in [-0.3, -0.25) is 4.79 Å². The second-order valence-corrected chi connectivity index (χ2v) is 6.60. The first-order valence-electron chi connectivity index (χ1n) is 10.2. The molecule has 32 heavy (non-hydrogen) atoms.